The van der Waals surface area contributed by atoms with Crippen LogP contribution in [0.4, 0.5) is 11.8 Å². The van der Waals surface area contributed by atoms with Gasteiger partial charge in [0.05, 0.1) is 40.7 Å². The first-order valence-electron chi connectivity index (χ1n) is 12.9. The number of hydrogen-bond acceptors (Lipinski definition) is 11. The Kier molecular flexibility index (Phi) is 8.84. The normalized spacial score (nSPS) is 16.6. The molecule has 4 N–H and O–H groups in total. The minimum atomic E-state index is -1.39. The molecule has 1 aliphatic heterocycles. The predicted molar refractivity (Wildman–Crippen MR) is 157 cm³/mol. The second kappa shape index (κ2) is 12.1. The van der Waals surface area contributed by atoms with Gasteiger partial charge in [-0.05, 0) is 40.7 Å². The van der Waals surface area contributed by atoms with E-state index in [4.69, 9.17) is 20.9 Å². The first-order valence-corrected chi connectivity index (χ1v) is 14.1. The van der Waals surface area contributed by atoms with Crippen LogP contribution in [0, 0.1) is 0 Å². The van der Waals surface area contributed by atoms with E-state index in [2.05, 4.69) is 34.7 Å². The highest BCUT2D eigenvalue weighted by molar-refractivity contribution is 7.86. The Morgan fingerprint density at radius 1 is 1.05 bits per heavy atom. The van der Waals surface area contributed by atoms with Crippen LogP contribution < -0.4 is 25.8 Å². The summed E-state index contributed by atoms with van der Waals surface area (Å²) in [4.78, 5) is 26.9. The van der Waals surface area contributed by atoms with Gasteiger partial charge in [0, 0.05) is 53.6 Å². The van der Waals surface area contributed by atoms with Gasteiger partial charge in [0.2, 0.25) is 5.95 Å². The zero-order valence-corrected chi connectivity index (χ0v) is 24.7. The van der Waals surface area contributed by atoms with Crippen LogP contribution in [0.3, 0.4) is 0 Å². The summed E-state index contributed by atoms with van der Waals surface area (Å²) < 4.78 is 24.5. The lowest BCUT2D eigenvalue weighted by atomic mass is 10.2. The first kappa shape index (κ1) is 29.2. The monoisotopic (exact) mass is 567 g/mol. The SMILES string of the molecule is COc1cnc(N2CCN(COc3cc4ncnc(N=C(N)C(C)=C(C)N)c4cc3S(=O)C(C)(C)C)CC2)nc1. The lowest BCUT2D eigenvalue weighted by molar-refractivity contribution is 0.117. The van der Waals surface area contributed by atoms with E-state index in [-0.39, 0.29) is 5.84 Å². The molecule has 1 fully saturated rings. The Morgan fingerprint density at radius 2 is 1.73 bits per heavy atom. The van der Waals surface area contributed by atoms with E-state index in [1.807, 2.05) is 20.8 Å². The maximum atomic E-state index is 13.6. The van der Waals surface area contributed by atoms with Crippen molar-refractivity contribution < 1.29 is 13.7 Å². The van der Waals surface area contributed by atoms with Gasteiger partial charge < -0.3 is 25.8 Å². The topological polar surface area (TPSA) is 158 Å². The largest absolute Gasteiger partial charge is 0.494 e. The van der Waals surface area contributed by atoms with E-state index in [9.17, 15) is 4.21 Å². The first-order chi connectivity index (χ1) is 19.0. The van der Waals surface area contributed by atoms with Crippen LogP contribution in [-0.4, -0.2) is 79.6 Å². The Hall–Kier alpha value is -3.84. The lowest BCUT2D eigenvalue weighted by Gasteiger charge is -2.34. The molecule has 4 rings (SSSR count). The van der Waals surface area contributed by atoms with Gasteiger partial charge in [-0.1, -0.05) is 0 Å². The minimum Gasteiger partial charge on any atom is -0.494 e. The fourth-order valence-electron chi connectivity index (χ4n) is 3.94. The molecule has 0 bridgehead atoms. The maximum Gasteiger partial charge on any atom is 0.225 e. The van der Waals surface area contributed by atoms with Gasteiger partial charge >= 0.3 is 0 Å². The minimum absolute atomic E-state index is 0.262. The highest BCUT2D eigenvalue weighted by atomic mass is 32.2. The second-order valence-corrected chi connectivity index (χ2v) is 12.7. The lowest BCUT2D eigenvalue weighted by Crippen LogP contribution is -2.48. The third-order valence-corrected chi connectivity index (χ3v) is 8.38. The Morgan fingerprint density at radius 3 is 2.33 bits per heavy atom. The fraction of sp³-hybridized carbons (Fsp3) is 0.444. The van der Waals surface area contributed by atoms with Crippen LogP contribution in [-0.2, 0) is 10.8 Å². The van der Waals surface area contributed by atoms with Crippen molar-refractivity contribution in [3.63, 3.8) is 0 Å². The predicted octanol–water partition coefficient (Wildman–Crippen LogP) is 2.73. The molecule has 1 unspecified atom stereocenters. The van der Waals surface area contributed by atoms with Crippen LogP contribution in [0.1, 0.15) is 34.6 Å². The zero-order chi connectivity index (χ0) is 29.0. The summed E-state index contributed by atoms with van der Waals surface area (Å²) in [5.41, 5.74) is 13.9. The van der Waals surface area contributed by atoms with Crippen LogP contribution in [0.25, 0.3) is 10.9 Å². The van der Waals surface area contributed by atoms with Crippen LogP contribution in [0.15, 0.2) is 52.0 Å². The maximum absolute atomic E-state index is 13.6. The number of ether oxygens (including phenoxy) is 2. The highest BCUT2D eigenvalue weighted by Gasteiger charge is 2.27. The number of nitrogens with two attached hydrogens (primary N) is 2. The molecule has 0 amide bonds. The second-order valence-electron chi connectivity index (χ2n) is 10.5. The van der Waals surface area contributed by atoms with Crippen molar-refractivity contribution in [2.75, 3.05) is 44.9 Å². The molecular formula is C27H37N9O3S. The van der Waals surface area contributed by atoms with Gasteiger partial charge in [0.25, 0.3) is 0 Å². The van der Waals surface area contributed by atoms with Crippen molar-refractivity contribution in [3.8, 4) is 11.5 Å². The molecule has 3 aromatic rings. The average molecular weight is 568 g/mol. The van der Waals surface area contributed by atoms with Gasteiger partial charge in [-0.3, -0.25) is 9.11 Å². The van der Waals surface area contributed by atoms with E-state index in [1.54, 1.807) is 45.5 Å². The molecule has 1 atom stereocenters. The van der Waals surface area contributed by atoms with E-state index in [0.717, 1.165) is 26.2 Å². The van der Waals surface area contributed by atoms with Crippen molar-refractivity contribution in [3.05, 3.63) is 42.1 Å². The number of aliphatic imine (C=N–C) groups is 1. The average Bonchev–Trinajstić information content (AvgIpc) is 2.94. The van der Waals surface area contributed by atoms with E-state index in [1.165, 1.54) is 6.33 Å². The molecule has 214 valence electrons. The summed E-state index contributed by atoms with van der Waals surface area (Å²) >= 11 is 0. The summed E-state index contributed by atoms with van der Waals surface area (Å²) in [7, 11) is 0.202. The molecule has 2 aromatic heterocycles. The molecule has 3 heterocycles. The van der Waals surface area contributed by atoms with Crippen LogP contribution in [0.2, 0.25) is 0 Å². The highest BCUT2D eigenvalue weighted by Crippen LogP contribution is 2.35. The van der Waals surface area contributed by atoms with E-state index in [0.29, 0.717) is 57.1 Å². The number of allylic oxidation sites excluding steroid dienone is 1. The number of methoxy groups -OCH3 is 1. The number of amidine groups is 1. The Labute approximate surface area is 237 Å². The van der Waals surface area contributed by atoms with Crippen molar-refractivity contribution in [1.82, 2.24) is 24.8 Å². The Bertz CT molecular complexity index is 1440. The number of aromatic nitrogens is 4. The summed E-state index contributed by atoms with van der Waals surface area (Å²) in [5, 5.41) is 0.626. The summed E-state index contributed by atoms with van der Waals surface area (Å²) in [5.74, 6) is 2.44. The van der Waals surface area contributed by atoms with Gasteiger partial charge in [0.15, 0.2) is 11.6 Å². The molecule has 1 aliphatic rings. The number of fused-ring (bicyclic) bond motifs is 1. The number of piperazine rings is 1. The summed E-state index contributed by atoms with van der Waals surface area (Å²) in [6.45, 7) is 12.7. The van der Waals surface area contributed by atoms with Gasteiger partial charge in [-0.25, -0.2) is 24.9 Å². The number of anilines is 1. The van der Waals surface area contributed by atoms with Crippen molar-refractivity contribution in [1.29, 1.82) is 0 Å². The van der Waals surface area contributed by atoms with Gasteiger partial charge in [0.1, 0.15) is 24.6 Å². The Balaban J connectivity index is 1.57. The van der Waals surface area contributed by atoms with Crippen molar-refractivity contribution in [2.24, 2.45) is 16.5 Å². The standard InChI is InChI=1S/C27H37N9O3S/c1-17(18(2)28)24(29)34-25-20-11-23(40(37)27(3,4)5)22(12-21(20)32-15-33-25)39-16-35-7-9-36(10-8-35)26-30-13-19(38-6)14-31-26/h11-15H,7-10,16,28H2,1-6H3,(H2,29,32,33,34). The molecule has 1 aromatic carbocycles. The third kappa shape index (κ3) is 6.65. The molecule has 0 radical (unpaired) electrons. The smallest absolute Gasteiger partial charge is 0.225 e. The van der Waals surface area contributed by atoms with Crippen molar-refractivity contribution >= 4 is 39.3 Å². The molecule has 0 saturated carbocycles. The molecule has 12 nitrogen and oxygen atoms in total. The number of rotatable bonds is 8. The number of hydrogen-bond donors (Lipinski definition) is 2. The van der Waals surface area contributed by atoms with E-state index < -0.39 is 15.5 Å². The fourth-order valence-corrected chi connectivity index (χ4v) is 5.13. The van der Waals surface area contributed by atoms with Crippen LogP contribution >= 0.6 is 0 Å². The summed E-state index contributed by atoms with van der Waals surface area (Å²) in [6.07, 6.45) is 4.76. The van der Waals surface area contributed by atoms with E-state index >= 15 is 0 Å². The molecular weight excluding hydrogens is 530 g/mol. The quantitative estimate of drug-likeness (QED) is 0.304. The van der Waals surface area contributed by atoms with Gasteiger partial charge in [-0.2, -0.15) is 0 Å². The third-order valence-electron chi connectivity index (χ3n) is 6.55. The molecule has 1 saturated heterocycles. The molecule has 0 aliphatic carbocycles. The molecule has 0 spiro atoms. The molecule has 40 heavy (non-hydrogen) atoms. The zero-order valence-electron chi connectivity index (χ0n) is 23.8. The van der Waals surface area contributed by atoms with Crippen molar-refractivity contribution in [2.45, 2.75) is 44.3 Å². The van der Waals surface area contributed by atoms with Crippen LogP contribution in [0.5, 0.6) is 11.5 Å². The summed E-state index contributed by atoms with van der Waals surface area (Å²) in [6, 6.07) is 3.59. The number of benzene rings is 1. The molecule has 13 heteroatoms. The van der Waals surface area contributed by atoms with Gasteiger partial charge in [-0.15, -0.1) is 0 Å². The number of nitrogens with zero attached hydrogens (tertiary/aromatic N) is 7.